The first-order chi connectivity index (χ1) is 8.35. The Morgan fingerprint density at radius 2 is 2.11 bits per heavy atom. The van der Waals surface area contributed by atoms with Crippen molar-refractivity contribution in [2.24, 2.45) is 0 Å². The minimum atomic E-state index is -0.893. The average Bonchev–Trinajstić information content (AvgIpc) is 2.30. The number of methoxy groups -OCH3 is 1. The number of hydrogen-bond acceptors (Lipinski definition) is 3. The fourth-order valence-corrected chi connectivity index (χ4v) is 1.94. The van der Waals surface area contributed by atoms with E-state index in [2.05, 4.69) is 21.2 Å². The van der Waals surface area contributed by atoms with E-state index >= 15 is 0 Å². The number of benzene rings is 1. The number of carboxylic acids is 1. The number of carboxylic acid groups (broad SMARTS) is 1. The van der Waals surface area contributed by atoms with E-state index in [-0.39, 0.29) is 0 Å². The molecule has 0 bridgehead atoms. The molecule has 0 radical (unpaired) electrons. The first-order valence-electron chi connectivity index (χ1n) is 5.65. The van der Waals surface area contributed by atoms with Crippen LogP contribution in [-0.2, 0) is 9.53 Å². The van der Waals surface area contributed by atoms with Crippen LogP contribution in [0.4, 0.5) is 5.69 Å². The molecule has 0 aliphatic carbocycles. The Bertz CT molecular complexity index is 420. The highest BCUT2D eigenvalue weighted by Gasteiger charge is 2.27. The molecule has 0 spiro atoms. The van der Waals surface area contributed by atoms with Gasteiger partial charge < -0.3 is 15.2 Å². The largest absolute Gasteiger partial charge is 0.480 e. The number of anilines is 1. The SMILES string of the molecule is COC(C)(C)CC(Nc1ccccc1Br)C(=O)O. The first-order valence-corrected chi connectivity index (χ1v) is 6.44. The van der Waals surface area contributed by atoms with Crippen molar-refractivity contribution >= 4 is 27.6 Å². The van der Waals surface area contributed by atoms with Crippen molar-refractivity contribution < 1.29 is 14.6 Å². The molecular formula is C13H18BrNO3. The van der Waals surface area contributed by atoms with Gasteiger partial charge in [-0.05, 0) is 41.9 Å². The molecule has 1 unspecified atom stereocenters. The summed E-state index contributed by atoms with van der Waals surface area (Å²) >= 11 is 3.38. The third-order valence-electron chi connectivity index (χ3n) is 2.75. The molecule has 18 heavy (non-hydrogen) atoms. The molecule has 0 aliphatic heterocycles. The van der Waals surface area contributed by atoms with E-state index in [9.17, 15) is 9.90 Å². The van der Waals surface area contributed by atoms with Crippen molar-refractivity contribution in [3.8, 4) is 0 Å². The molecule has 4 nitrogen and oxygen atoms in total. The zero-order valence-electron chi connectivity index (χ0n) is 10.7. The Morgan fingerprint density at radius 3 is 2.61 bits per heavy atom. The van der Waals surface area contributed by atoms with Crippen molar-refractivity contribution in [2.45, 2.75) is 31.9 Å². The van der Waals surface area contributed by atoms with E-state index in [0.717, 1.165) is 10.2 Å². The summed E-state index contributed by atoms with van der Waals surface area (Å²) in [4.78, 5) is 11.3. The van der Waals surface area contributed by atoms with Gasteiger partial charge in [-0.3, -0.25) is 0 Å². The lowest BCUT2D eigenvalue weighted by Crippen LogP contribution is -2.38. The van der Waals surface area contributed by atoms with Crippen LogP contribution >= 0.6 is 15.9 Å². The second kappa shape index (κ2) is 6.20. The molecule has 0 saturated carbocycles. The minimum absolute atomic E-state index is 0.375. The third kappa shape index (κ3) is 4.31. The van der Waals surface area contributed by atoms with Crippen molar-refractivity contribution in [1.82, 2.24) is 0 Å². The molecule has 0 fully saturated rings. The molecule has 1 aromatic carbocycles. The van der Waals surface area contributed by atoms with Crippen molar-refractivity contribution in [3.05, 3.63) is 28.7 Å². The van der Waals surface area contributed by atoms with Gasteiger partial charge in [-0.1, -0.05) is 12.1 Å². The van der Waals surface area contributed by atoms with E-state index in [4.69, 9.17) is 4.74 Å². The van der Waals surface area contributed by atoms with Crippen LogP contribution in [0.25, 0.3) is 0 Å². The molecule has 5 heteroatoms. The normalized spacial score (nSPS) is 13.1. The van der Waals surface area contributed by atoms with E-state index < -0.39 is 17.6 Å². The maximum absolute atomic E-state index is 11.3. The molecular weight excluding hydrogens is 298 g/mol. The highest BCUT2D eigenvalue weighted by Crippen LogP contribution is 2.24. The van der Waals surface area contributed by atoms with Gasteiger partial charge in [0.05, 0.1) is 5.60 Å². The summed E-state index contributed by atoms with van der Waals surface area (Å²) in [5.74, 6) is -0.893. The molecule has 2 N–H and O–H groups in total. The molecule has 0 aromatic heterocycles. The highest BCUT2D eigenvalue weighted by atomic mass is 79.9. The fourth-order valence-electron chi connectivity index (χ4n) is 1.54. The Balaban J connectivity index is 2.82. The van der Waals surface area contributed by atoms with Gasteiger partial charge in [0.15, 0.2) is 0 Å². The average molecular weight is 316 g/mol. The van der Waals surface area contributed by atoms with Crippen LogP contribution in [-0.4, -0.2) is 29.8 Å². The highest BCUT2D eigenvalue weighted by molar-refractivity contribution is 9.10. The second-order valence-corrected chi connectivity index (χ2v) is 5.54. The number of nitrogens with one attached hydrogen (secondary N) is 1. The monoisotopic (exact) mass is 315 g/mol. The van der Waals surface area contributed by atoms with Gasteiger partial charge in [-0.25, -0.2) is 4.79 Å². The van der Waals surface area contributed by atoms with E-state index in [1.165, 1.54) is 0 Å². The van der Waals surface area contributed by atoms with E-state index in [1.807, 2.05) is 38.1 Å². The summed E-state index contributed by atoms with van der Waals surface area (Å²) < 4.78 is 6.11. The van der Waals surface area contributed by atoms with Gasteiger partial charge in [0.25, 0.3) is 0 Å². The van der Waals surface area contributed by atoms with Gasteiger partial charge in [0, 0.05) is 23.7 Å². The summed E-state index contributed by atoms with van der Waals surface area (Å²) in [6, 6.07) is 6.73. The number of carbonyl (C=O) groups is 1. The smallest absolute Gasteiger partial charge is 0.326 e. The van der Waals surface area contributed by atoms with Crippen LogP contribution in [0.5, 0.6) is 0 Å². The summed E-state index contributed by atoms with van der Waals surface area (Å²) in [7, 11) is 1.58. The number of para-hydroxylation sites is 1. The predicted octanol–water partition coefficient (Wildman–Crippen LogP) is 3.13. The minimum Gasteiger partial charge on any atom is -0.480 e. The summed E-state index contributed by atoms with van der Waals surface area (Å²) in [6.07, 6.45) is 0.375. The van der Waals surface area contributed by atoms with Gasteiger partial charge in [0.1, 0.15) is 6.04 Å². The van der Waals surface area contributed by atoms with Crippen LogP contribution in [0, 0.1) is 0 Å². The summed E-state index contributed by atoms with van der Waals surface area (Å²) in [5.41, 5.74) is 0.272. The van der Waals surface area contributed by atoms with Gasteiger partial charge in [-0.15, -0.1) is 0 Å². The maximum Gasteiger partial charge on any atom is 0.326 e. The topological polar surface area (TPSA) is 58.6 Å². The van der Waals surface area contributed by atoms with Crippen LogP contribution in [0.3, 0.4) is 0 Å². The van der Waals surface area contributed by atoms with Gasteiger partial charge >= 0.3 is 5.97 Å². The van der Waals surface area contributed by atoms with E-state index in [1.54, 1.807) is 7.11 Å². The number of halogens is 1. The number of hydrogen-bond donors (Lipinski definition) is 2. The Labute approximate surface area is 115 Å². The van der Waals surface area contributed by atoms with Crippen LogP contribution < -0.4 is 5.32 Å². The van der Waals surface area contributed by atoms with E-state index in [0.29, 0.717) is 6.42 Å². The standard InChI is InChI=1S/C13H18BrNO3/c1-13(2,18-3)8-11(12(16)17)15-10-7-5-4-6-9(10)14/h4-7,11,15H,8H2,1-3H3,(H,16,17). The lowest BCUT2D eigenvalue weighted by molar-refractivity contribution is -0.139. The summed E-state index contributed by atoms with van der Waals surface area (Å²) in [5, 5.41) is 12.3. The molecule has 0 heterocycles. The lowest BCUT2D eigenvalue weighted by atomic mass is 9.98. The Hall–Kier alpha value is -1.07. The zero-order chi connectivity index (χ0) is 13.8. The Kier molecular flexibility index (Phi) is 5.16. The van der Waals surface area contributed by atoms with Crippen LogP contribution in [0.1, 0.15) is 20.3 Å². The Morgan fingerprint density at radius 1 is 1.50 bits per heavy atom. The van der Waals surface area contributed by atoms with Crippen molar-refractivity contribution in [3.63, 3.8) is 0 Å². The molecule has 1 aromatic rings. The predicted molar refractivity (Wildman–Crippen MR) is 74.9 cm³/mol. The zero-order valence-corrected chi connectivity index (χ0v) is 12.3. The maximum atomic E-state index is 11.3. The quantitative estimate of drug-likeness (QED) is 0.846. The van der Waals surface area contributed by atoms with Crippen LogP contribution in [0.15, 0.2) is 28.7 Å². The molecule has 100 valence electrons. The molecule has 1 atom stereocenters. The summed E-state index contributed by atoms with van der Waals surface area (Å²) in [6.45, 7) is 3.73. The van der Waals surface area contributed by atoms with Gasteiger partial charge in [0.2, 0.25) is 0 Å². The second-order valence-electron chi connectivity index (χ2n) is 4.68. The van der Waals surface area contributed by atoms with Crippen molar-refractivity contribution in [1.29, 1.82) is 0 Å². The van der Waals surface area contributed by atoms with Crippen molar-refractivity contribution in [2.75, 3.05) is 12.4 Å². The molecule has 1 rings (SSSR count). The number of ether oxygens (including phenoxy) is 1. The van der Waals surface area contributed by atoms with Crippen LogP contribution in [0.2, 0.25) is 0 Å². The van der Waals surface area contributed by atoms with Gasteiger partial charge in [-0.2, -0.15) is 0 Å². The molecule has 0 saturated heterocycles. The fraction of sp³-hybridized carbons (Fsp3) is 0.462. The molecule has 0 amide bonds. The third-order valence-corrected chi connectivity index (χ3v) is 3.44. The first kappa shape index (κ1) is 15.0. The number of rotatable bonds is 6. The molecule has 0 aliphatic rings. The number of aliphatic carboxylic acids is 1. The lowest BCUT2D eigenvalue weighted by Gasteiger charge is -2.27.